The van der Waals surface area contributed by atoms with Crippen molar-refractivity contribution in [3.05, 3.63) is 35.4 Å². The highest BCUT2D eigenvalue weighted by Gasteiger charge is 2.27. The molecule has 8 heteroatoms. The van der Waals surface area contributed by atoms with Crippen LogP contribution in [0.2, 0.25) is 0 Å². The van der Waals surface area contributed by atoms with Gasteiger partial charge in [0.15, 0.2) is 0 Å². The van der Waals surface area contributed by atoms with E-state index in [0.717, 1.165) is 11.1 Å². The van der Waals surface area contributed by atoms with E-state index in [4.69, 9.17) is 16.6 Å². The molecule has 0 aliphatic heterocycles. The van der Waals surface area contributed by atoms with Gasteiger partial charge in [0.05, 0.1) is 19.1 Å². The first-order chi connectivity index (χ1) is 12.3. The third kappa shape index (κ3) is 6.81. The quantitative estimate of drug-likeness (QED) is 0.381. The number of nitrogens with two attached hydrogens (primary N) is 2. The largest absolute Gasteiger partial charge is 0.392 e. The van der Waals surface area contributed by atoms with Crippen molar-refractivity contribution in [2.45, 2.75) is 51.9 Å². The van der Waals surface area contributed by atoms with Gasteiger partial charge in [-0.05, 0) is 17.0 Å². The summed E-state index contributed by atoms with van der Waals surface area (Å²) in [6, 6.07) is 5.18. The topological polar surface area (TPSA) is 148 Å². The Balaban J connectivity index is 2.69. The minimum Gasteiger partial charge on any atom is -0.392 e. The summed E-state index contributed by atoms with van der Waals surface area (Å²) >= 11 is 0. The van der Waals surface area contributed by atoms with Gasteiger partial charge >= 0.3 is 0 Å². The number of aliphatic hydroxyl groups is 1. The Kier molecular flexibility index (Phi) is 8.74. The highest BCUT2D eigenvalue weighted by atomic mass is 16.3. The van der Waals surface area contributed by atoms with Crippen LogP contribution < -0.4 is 22.1 Å². The lowest BCUT2D eigenvalue weighted by molar-refractivity contribution is -0.132. The molecule has 7 N–H and O–H groups in total. The van der Waals surface area contributed by atoms with Crippen molar-refractivity contribution >= 4 is 17.7 Å². The van der Waals surface area contributed by atoms with E-state index in [1.54, 1.807) is 24.3 Å². The number of hydrogen-bond acceptors (Lipinski definition) is 5. The molecular formula is C18H28N4O4. The SMILES string of the molecule is CCC(C)C(N)C(=O)NC(CC(N)=O)C(=O)NCc1ccc(CO)cc1. The molecule has 3 atom stereocenters. The van der Waals surface area contributed by atoms with Crippen LogP contribution in [0.25, 0.3) is 0 Å². The number of amides is 3. The molecule has 0 bridgehead atoms. The molecule has 1 rings (SSSR count). The van der Waals surface area contributed by atoms with Crippen molar-refractivity contribution in [3.8, 4) is 0 Å². The summed E-state index contributed by atoms with van der Waals surface area (Å²) in [6.45, 7) is 3.90. The molecule has 0 fully saturated rings. The molecule has 1 aromatic rings. The molecule has 3 amide bonds. The molecule has 0 radical (unpaired) electrons. The lowest BCUT2D eigenvalue weighted by Gasteiger charge is -2.22. The smallest absolute Gasteiger partial charge is 0.243 e. The zero-order valence-electron chi connectivity index (χ0n) is 15.2. The fraction of sp³-hybridized carbons (Fsp3) is 0.500. The van der Waals surface area contributed by atoms with E-state index in [2.05, 4.69) is 10.6 Å². The Morgan fingerprint density at radius 2 is 1.69 bits per heavy atom. The molecule has 26 heavy (non-hydrogen) atoms. The highest BCUT2D eigenvalue weighted by Crippen LogP contribution is 2.07. The predicted molar refractivity (Wildman–Crippen MR) is 97.4 cm³/mol. The Bertz CT molecular complexity index is 618. The Morgan fingerprint density at radius 1 is 1.12 bits per heavy atom. The Hall–Kier alpha value is -2.45. The van der Waals surface area contributed by atoms with Crippen LogP contribution in [-0.2, 0) is 27.5 Å². The molecule has 1 aromatic carbocycles. The Morgan fingerprint density at radius 3 is 2.19 bits per heavy atom. The van der Waals surface area contributed by atoms with Crippen LogP contribution in [0.3, 0.4) is 0 Å². The first-order valence-corrected chi connectivity index (χ1v) is 8.59. The van der Waals surface area contributed by atoms with Crippen molar-refractivity contribution < 1.29 is 19.5 Å². The van der Waals surface area contributed by atoms with Gasteiger partial charge in [-0.3, -0.25) is 14.4 Å². The highest BCUT2D eigenvalue weighted by molar-refractivity contribution is 5.93. The van der Waals surface area contributed by atoms with Crippen molar-refractivity contribution in [2.75, 3.05) is 0 Å². The fourth-order valence-electron chi connectivity index (χ4n) is 2.27. The van der Waals surface area contributed by atoms with Crippen molar-refractivity contribution in [3.63, 3.8) is 0 Å². The summed E-state index contributed by atoms with van der Waals surface area (Å²) < 4.78 is 0. The summed E-state index contributed by atoms with van der Waals surface area (Å²) in [7, 11) is 0. The summed E-state index contributed by atoms with van der Waals surface area (Å²) in [5, 5.41) is 14.2. The van der Waals surface area contributed by atoms with Crippen LogP contribution in [-0.4, -0.2) is 34.9 Å². The molecule has 0 saturated carbocycles. The number of benzene rings is 1. The van der Waals surface area contributed by atoms with Gasteiger partial charge in [0, 0.05) is 6.54 Å². The Labute approximate surface area is 153 Å². The van der Waals surface area contributed by atoms with Crippen LogP contribution in [0, 0.1) is 5.92 Å². The van der Waals surface area contributed by atoms with Crippen LogP contribution >= 0.6 is 0 Å². The van der Waals surface area contributed by atoms with Crippen molar-refractivity contribution in [1.29, 1.82) is 0 Å². The number of nitrogens with one attached hydrogen (secondary N) is 2. The number of rotatable bonds is 10. The zero-order chi connectivity index (χ0) is 19.7. The van der Waals surface area contributed by atoms with E-state index in [1.807, 2.05) is 13.8 Å². The predicted octanol–water partition coefficient (Wildman–Crippen LogP) is -0.471. The summed E-state index contributed by atoms with van der Waals surface area (Å²) in [6.07, 6.45) is 0.402. The molecule has 0 aromatic heterocycles. The standard InChI is InChI=1S/C18H28N4O4/c1-3-11(2)16(20)18(26)22-14(8-15(19)24)17(25)21-9-12-4-6-13(10-23)7-5-12/h4-7,11,14,16,23H,3,8-10,20H2,1-2H3,(H2,19,24)(H,21,25)(H,22,26). The summed E-state index contributed by atoms with van der Waals surface area (Å²) in [4.78, 5) is 35.8. The summed E-state index contributed by atoms with van der Waals surface area (Å²) in [5.74, 6) is -1.76. The van der Waals surface area contributed by atoms with Crippen LogP contribution in [0.1, 0.15) is 37.8 Å². The minimum absolute atomic E-state index is 0.0580. The zero-order valence-corrected chi connectivity index (χ0v) is 15.2. The normalized spacial score (nSPS) is 14.2. The van der Waals surface area contributed by atoms with E-state index >= 15 is 0 Å². The average Bonchev–Trinajstić information content (AvgIpc) is 2.64. The average molecular weight is 364 g/mol. The number of hydrogen-bond donors (Lipinski definition) is 5. The molecule has 0 spiro atoms. The maximum Gasteiger partial charge on any atom is 0.243 e. The first kappa shape index (κ1) is 21.6. The number of aliphatic hydroxyl groups excluding tert-OH is 1. The second-order valence-corrected chi connectivity index (χ2v) is 6.34. The maximum absolute atomic E-state index is 12.4. The van der Waals surface area contributed by atoms with E-state index < -0.39 is 29.8 Å². The molecule has 144 valence electrons. The monoisotopic (exact) mass is 364 g/mol. The molecule has 8 nitrogen and oxygen atoms in total. The van der Waals surface area contributed by atoms with E-state index in [9.17, 15) is 14.4 Å². The van der Waals surface area contributed by atoms with Gasteiger partial charge in [0.25, 0.3) is 0 Å². The van der Waals surface area contributed by atoms with Gasteiger partial charge in [-0.2, -0.15) is 0 Å². The number of carbonyl (C=O) groups excluding carboxylic acids is 3. The van der Waals surface area contributed by atoms with E-state index in [-0.39, 0.29) is 25.5 Å². The molecule has 3 unspecified atom stereocenters. The number of primary amides is 1. The third-order valence-corrected chi connectivity index (χ3v) is 4.27. The molecule has 0 saturated heterocycles. The second-order valence-electron chi connectivity index (χ2n) is 6.34. The number of carbonyl (C=O) groups is 3. The molecular weight excluding hydrogens is 336 g/mol. The van der Waals surface area contributed by atoms with Crippen LogP contribution in [0.15, 0.2) is 24.3 Å². The molecule has 0 aliphatic carbocycles. The van der Waals surface area contributed by atoms with Crippen LogP contribution in [0.5, 0.6) is 0 Å². The van der Waals surface area contributed by atoms with Gasteiger partial charge in [-0.15, -0.1) is 0 Å². The third-order valence-electron chi connectivity index (χ3n) is 4.27. The van der Waals surface area contributed by atoms with E-state index in [0.29, 0.717) is 6.42 Å². The van der Waals surface area contributed by atoms with Gasteiger partial charge < -0.3 is 27.2 Å². The molecule has 0 heterocycles. The van der Waals surface area contributed by atoms with E-state index in [1.165, 1.54) is 0 Å². The van der Waals surface area contributed by atoms with Crippen LogP contribution in [0.4, 0.5) is 0 Å². The van der Waals surface area contributed by atoms with Crippen molar-refractivity contribution in [2.24, 2.45) is 17.4 Å². The fourth-order valence-corrected chi connectivity index (χ4v) is 2.27. The maximum atomic E-state index is 12.4. The lowest BCUT2D eigenvalue weighted by atomic mass is 9.99. The van der Waals surface area contributed by atoms with Gasteiger partial charge in [0.1, 0.15) is 6.04 Å². The lowest BCUT2D eigenvalue weighted by Crippen LogP contribution is -2.54. The van der Waals surface area contributed by atoms with Gasteiger partial charge in [-0.25, -0.2) is 0 Å². The van der Waals surface area contributed by atoms with Gasteiger partial charge in [0.2, 0.25) is 17.7 Å². The first-order valence-electron chi connectivity index (χ1n) is 8.59. The van der Waals surface area contributed by atoms with Gasteiger partial charge in [-0.1, -0.05) is 44.5 Å². The van der Waals surface area contributed by atoms with Crippen molar-refractivity contribution in [1.82, 2.24) is 10.6 Å². The molecule has 0 aliphatic rings. The second kappa shape index (κ2) is 10.5. The minimum atomic E-state index is -1.08. The summed E-state index contributed by atoms with van der Waals surface area (Å²) in [5.41, 5.74) is 12.6.